The fraction of sp³-hybridized carbons (Fsp3) is 0.346. The molecule has 1 aliphatic carbocycles. The average Bonchev–Trinajstić information content (AvgIpc) is 2.87. The van der Waals surface area contributed by atoms with E-state index in [9.17, 15) is 19.5 Å². The zero-order valence-electron chi connectivity index (χ0n) is 19.4. The lowest BCUT2D eigenvalue weighted by Crippen LogP contribution is -2.34. The number of carbonyl (C=O) groups is 3. The molecule has 35 heavy (non-hydrogen) atoms. The number of carboxylic acids is 1. The van der Waals surface area contributed by atoms with Gasteiger partial charge in [0.1, 0.15) is 13.2 Å². The number of nitrogens with one attached hydrogen (secondary N) is 2. The van der Waals surface area contributed by atoms with Crippen LogP contribution in [-0.4, -0.2) is 41.4 Å². The summed E-state index contributed by atoms with van der Waals surface area (Å²) in [6.45, 7) is 2.92. The van der Waals surface area contributed by atoms with Gasteiger partial charge in [-0.25, -0.2) is 0 Å². The monoisotopic (exact) mass is 496 g/mol. The van der Waals surface area contributed by atoms with Crippen molar-refractivity contribution in [2.75, 3.05) is 23.8 Å². The second kappa shape index (κ2) is 11.3. The first-order valence-electron chi connectivity index (χ1n) is 11.6. The molecule has 0 radical (unpaired) electrons. The Kier molecular flexibility index (Phi) is 7.97. The molecule has 0 aromatic heterocycles. The van der Waals surface area contributed by atoms with E-state index in [0.29, 0.717) is 55.4 Å². The van der Waals surface area contributed by atoms with E-state index < -0.39 is 17.8 Å². The third kappa shape index (κ3) is 6.16. The van der Waals surface area contributed by atoms with Crippen LogP contribution in [0.15, 0.2) is 59.5 Å². The summed E-state index contributed by atoms with van der Waals surface area (Å²) in [6, 6.07) is 12.6. The molecule has 2 amide bonds. The Morgan fingerprint density at radius 1 is 0.971 bits per heavy atom. The van der Waals surface area contributed by atoms with Crippen LogP contribution in [0.25, 0.3) is 0 Å². The highest BCUT2D eigenvalue weighted by molar-refractivity contribution is 8.00. The number of fused-ring (bicyclic) bond motifs is 1. The summed E-state index contributed by atoms with van der Waals surface area (Å²) < 4.78 is 11.1. The van der Waals surface area contributed by atoms with E-state index in [1.807, 2.05) is 19.1 Å². The molecule has 1 heterocycles. The maximum Gasteiger partial charge on any atom is 0.307 e. The number of hydrogen-bond acceptors (Lipinski definition) is 6. The highest BCUT2D eigenvalue weighted by Crippen LogP contribution is 2.34. The number of thioether (sulfide) groups is 1. The van der Waals surface area contributed by atoms with Crippen LogP contribution >= 0.6 is 11.8 Å². The summed E-state index contributed by atoms with van der Waals surface area (Å²) in [4.78, 5) is 38.1. The number of carboxylic acid groups (broad SMARTS) is 1. The van der Waals surface area contributed by atoms with Gasteiger partial charge in [0.15, 0.2) is 11.5 Å². The van der Waals surface area contributed by atoms with Crippen molar-refractivity contribution in [3.8, 4) is 11.5 Å². The van der Waals surface area contributed by atoms with Gasteiger partial charge in [-0.3, -0.25) is 14.4 Å². The molecule has 0 saturated carbocycles. The lowest BCUT2D eigenvalue weighted by Gasteiger charge is -2.24. The van der Waals surface area contributed by atoms with Gasteiger partial charge in [-0.15, -0.1) is 11.8 Å². The Labute approximate surface area is 208 Å². The van der Waals surface area contributed by atoms with Crippen molar-refractivity contribution in [2.24, 2.45) is 11.8 Å². The number of allylic oxidation sites excluding steroid dienone is 2. The van der Waals surface area contributed by atoms with Gasteiger partial charge >= 0.3 is 5.97 Å². The molecule has 184 valence electrons. The topological polar surface area (TPSA) is 114 Å². The van der Waals surface area contributed by atoms with E-state index in [1.165, 1.54) is 11.8 Å². The van der Waals surface area contributed by atoms with Crippen molar-refractivity contribution in [3.05, 3.63) is 54.6 Å². The predicted molar refractivity (Wildman–Crippen MR) is 134 cm³/mol. The Bertz CT molecular complexity index is 1130. The van der Waals surface area contributed by atoms with Crippen LogP contribution in [0.4, 0.5) is 11.4 Å². The Balaban J connectivity index is 1.39. The van der Waals surface area contributed by atoms with E-state index in [-0.39, 0.29) is 17.1 Å². The molecule has 2 aromatic carbocycles. The molecule has 4 rings (SSSR count). The van der Waals surface area contributed by atoms with E-state index in [0.717, 1.165) is 4.90 Å². The molecule has 9 heteroatoms. The maximum atomic E-state index is 12.9. The molecule has 2 aliphatic rings. The molecule has 0 saturated heterocycles. The molecule has 8 nitrogen and oxygen atoms in total. The van der Waals surface area contributed by atoms with Gasteiger partial charge in [0.2, 0.25) is 11.8 Å². The highest BCUT2D eigenvalue weighted by Gasteiger charge is 2.34. The van der Waals surface area contributed by atoms with Crippen LogP contribution < -0.4 is 20.1 Å². The molecular formula is C26H28N2O6S. The molecular weight excluding hydrogens is 468 g/mol. The quantitative estimate of drug-likeness (QED) is 0.362. The summed E-state index contributed by atoms with van der Waals surface area (Å²) in [5.74, 6) is -1.49. The molecule has 0 spiro atoms. The summed E-state index contributed by atoms with van der Waals surface area (Å²) >= 11 is 1.40. The summed E-state index contributed by atoms with van der Waals surface area (Å²) in [5, 5.41) is 14.9. The number of aliphatic carboxylic acids is 1. The molecule has 1 aliphatic heterocycles. The van der Waals surface area contributed by atoms with Crippen molar-refractivity contribution < 1.29 is 29.0 Å². The van der Waals surface area contributed by atoms with Crippen LogP contribution in [0.3, 0.4) is 0 Å². The Hall–Kier alpha value is -3.46. The number of benzene rings is 2. The summed E-state index contributed by atoms with van der Waals surface area (Å²) in [5.41, 5.74) is 1.20. The third-order valence-electron chi connectivity index (χ3n) is 5.94. The lowest BCUT2D eigenvalue weighted by molar-refractivity contribution is -0.146. The number of amides is 2. The smallest absolute Gasteiger partial charge is 0.307 e. The van der Waals surface area contributed by atoms with Crippen LogP contribution in [0.2, 0.25) is 0 Å². The predicted octanol–water partition coefficient (Wildman–Crippen LogP) is 4.57. The second-order valence-corrected chi connectivity index (χ2v) is 9.65. The largest absolute Gasteiger partial charge is 0.486 e. The number of hydrogen-bond donors (Lipinski definition) is 3. The molecule has 3 atom stereocenters. The average molecular weight is 497 g/mol. The zero-order valence-corrected chi connectivity index (χ0v) is 20.2. The Morgan fingerprint density at radius 2 is 1.69 bits per heavy atom. The first-order valence-corrected chi connectivity index (χ1v) is 12.5. The van der Waals surface area contributed by atoms with E-state index >= 15 is 0 Å². The summed E-state index contributed by atoms with van der Waals surface area (Å²) in [7, 11) is 0. The first-order chi connectivity index (χ1) is 16.9. The van der Waals surface area contributed by atoms with E-state index in [2.05, 4.69) is 10.6 Å². The normalized spacial score (nSPS) is 19.5. The standard InChI is InChI=1S/C26H28N2O6S/c1-2-23(25(30)28-17-10-11-21-22(15-17)34-13-12-33-21)35-18-7-5-6-16(14-18)27-24(29)19-8-3-4-9-20(19)26(31)32/h3-7,10-11,14-15,19-20,23H,2,8-9,12-13H2,1H3,(H,27,29)(H,28,30)(H,31,32). The van der Waals surface area contributed by atoms with E-state index in [4.69, 9.17) is 9.47 Å². The van der Waals surface area contributed by atoms with Gasteiger partial charge in [-0.2, -0.15) is 0 Å². The van der Waals surface area contributed by atoms with Crippen LogP contribution in [0.1, 0.15) is 26.2 Å². The minimum atomic E-state index is -0.964. The lowest BCUT2D eigenvalue weighted by atomic mass is 9.82. The SMILES string of the molecule is CCC(Sc1cccc(NC(=O)C2CC=CCC2C(=O)O)c1)C(=O)Nc1ccc2c(c1)OCCO2. The van der Waals surface area contributed by atoms with E-state index in [1.54, 1.807) is 42.5 Å². The molecule has 0 bridgehead atoms. The minimum absolute atomic E-state index is 0.137. The molecule has 3 unspecified atom stereocenters. The van der Waals surface area contributed by atoms with Crippen molar-refractivity contribution in [1.29, 1.82) is 0 Å². The zero-order chi connectivity index (χ0) is 24.8. The molecule has 0 fully saturated rings. The van der Waals surface area contributed by atoms with Crippen molar-refractivity contribution in [3.63, 3.8) is 0 Å². The number of ether oxygens (including phenoxy) is 2. The van der Waals surface area contributed by atoms with Gasteiger partial charge in [-0.1, -0.05) is 25.1 Å². The van der Waals surface area contributed by atoms with Crippen molar-refractivity contribution in [2.45, 2.75) is 36.3 Å². The van der Waals surface area contributed by atoms with Gasteiger partial charge in [0.05, 0.1) is 17.1 Å². The van der Waals surface area contributed by atoms with Crippen LogP contribution in [0.5, 0.6) is 11.5 Å². The third-order valence-corrected chi connectivity index (χ3v) is 7.30. The van der Waals surface area contributed by atoms with Gasteiger partial charge < -0.3 is 25.2 Å². The van der Waals surface area contributed by atoms with Gasteiger partial charge in [0, 0.05) is 22.3 Å². The van der Waals surface area contributed by atoms with Gasteiger partial charge in [0.25, 0.3) is 0 Å². The fourth-order valence-corrected chi connectivity index (χ4v) is 5.10. The summed E-state index contributed by atoms with van der Waals surface area (Å²) in [6.07, 6.45) is 5.00. The van der Waals surface area contributed by atoms with Gasteiger partial charge in [-0.05, 0) is 49.6 Å². The molecule has 3 N–H and O–H groups in total. The van der Waals surface area contributed by atoms with Crippen LogP contribution in [-0.2, 0) is 14.4 Å². The molecule has 2 aromatic rings. The number of carbonyl (C=O) groups excluding carboxylic acids is 2. The second-order valence-electron chi connectivity index (χ2n) is 8.37. The van der Waals surface area contributed by atoms with Crippen molar-refractivity contribution in [1.82, 2.24) is 0 Å². The number of anilines is 2. The fourth-order valence-electron chi connectivity index (χ4n) is 4.09. The highest BCUT2D eigenvalue weighted by atomic mass is 32.2. The maximum absolute atomic E-state index is 12.9. The Morgan fingerprint density at radius 3 is 2.43 bits per heavy atom. The van der Waals surface area contributed by atoms with Crippen LogP contribution in [0, 0.1) is 11.8 Å². The first kappa shape index (κ1) is 24.7. The van der Waals surface area contributed by atoms with Crippen molar-refractivity contribution >= 4 is 40.9 Å². The number of rotatable bonds is 8. The minimum Gasteiger partial charge on any atom is -0.486 e.